The molecule has 1 aliphatic heterocycles. The Kier molecular flexibility index (Phi) is 5.61. The van der Waals surface area contributed by atoms with Crippen LogP contribution in [0.4, 0.5) is 0 Å². The van der Waals surface area contributed by atoms with Crippen LogP contribution >= 0.6 is 0 Å². The Bertz CT molecular complexity index is 560. The van der Waals surface area contributed by atoms with Crippen molar-refractivity contribution >= 4 is 10.2 Å². The quantitative estimate of drug-likeness (QED) is 0.873. The minimum Gasteiger partial charge on any atom is -0.496 e. The van der Waals surface area contributed by atoms with E-state index in [0.717, 1.165) is 30.6 Å². The van der Waals surface area contributed by atoms with Gasteiger partial charge in [-0.25, -0.2) is 4.72 Å². The van der Waals surface area contributed by atoms with Crippen molar-refractivity contribution in [2.75, 3.05) is 20.2 Å². The van der Waals surface area contributed by atoms with Crippen LogP contribution in [-0.2, 0) is 16.6 Å². The topological polar surface area (TPSA) is 58.6 Å². The van der Waals surface area contributed by atoms with Gasteiger partial charge in [0, 0.05) is 19.1 Å². The van der Waals surface area contributed by atoms with Crippen molar-refractivity contribution in [1.82, 2.24) is 9.03 Å². The van der Waals surface area contributed by atoms with Gasteiger partial charge in [0.15, 0.2) is 0 Å². The van der Waals surface area contributed by atoms with Crippen LogP contribution in [-0.4, -0.2) is 39.0 Å². The fraction of sp³-hybridized carbons (Fsp3) is 0.600. The van der Waals surface area contributed by atoms with E-state index in [4.69, 9.17) is 4.74 Å². The second kappa shape index (κ2) is 7.24. The lowest BCUT2D eigenvalue weighted by molar-refractivity contribution is 0.265. The summed E-state index contributed by atoms with van der Waals surface area (Å²) in [5, 5.41) is 0. The maximum atomic E-state index is 12.3. The highest BCUT2D eigenvalue weighted by Crippen LogP contribution is 2.20. The molecule has 1 N–H and O–H groups in total. The molecule has 0 bridgehead atoms. The molecule has 0 spiro atoms. The number of nitrogens with one attached hydrogen (secondary N) is 1. The summed E-state index contributed by atoms with van der Waals surface area (Å²) in [5.41, 5.74) is 1.01. The molecule has 5 nitrogen and oxygen atoms in total. The number of benzene rings is 1. The third-order valence-corrected chi connectivity index (χ3v) is 5.65. The zero-order valence-electron chi connectivity index (χ0n) is 12.7. The number of rotatable bonds is 6. The van der Waals surface area contributed by atoms with Crippen molar-refractivity contribution in [2.45, 2.75) is 38.6 Å². The molecular weight excluding hydrogens is 288 g/mol. The molecule has 1 heterocycles. The molecule has 0 saturated carbocycles. The molecule has 118 valence electrons. The first-order valence-corrected chi connectivity index (χ1v) is 8.87. The Balaban J connectivity index is 1.93. The van der Waals surface area contributed by atoms with Gasteiger partial charge in [0.2, 0.25) is 0 Å². The Morgan fingerprint density at radius 1 is 1.33 bits per heavy atom. The van der Waals surface area contributed by atoms with E-state index < -0.39 is 10.2 Å². The van der Waals surface area contributed by atoms with Crippen LogP contribution in [0.3, 0.4) is 0 Å². The molecule has 0 unspecified atom stereocenters. The van der Waals surface area contributed by atoms with Crippen molar-refractivity contribution in [2.24, 2.45) is 0 Å². The van der Waals surface area contributed by atoms with Crippen LogP contribution in [0.15, 0.2) is 24.3 Å². The predicted molar refractivity (Wildman–Crippen MR) is 83.6 cm³/mol. The summed E-state index contributed by atoms with van der Waals surface area (Å²) >= 11 is 0. The SMILES string of the molecule is COc1ccccc1CCNS(=O)(=O)N1CCCC[C@@H]1C. The van der Waals surface area contributed by atoms with Crippen molar-refractivity contribution in [1.29, 1.82) is 0 Å². The van der Waals surface area contributed by atoms with Crippen molar-refractivity contribution in [3.63, 3.8) is 0 Å². The first-order chi connectivity index (χ1) is 10.0. The first kappa shape index (κ1) is 16.3. The van der Waals surface area contributed by atoms with Crippen molar-refractivity contribution in [3.8, 4) is 5.75 Å². The van der Waals surface area contributed by atoms with Crippen LogP contribution < -0.4 is 9.46 Å². The molecule has 0 amide bonds. The summed E-state index contributed by atoms with van der Waals surface area (Å²) in [7, 11) is -1.76. The second-order valence-corrected chi connectivity index (χ2v) is 7.12. The van der Waals surface area contributed by atoms with E-state index in [0.29, 0.717) is 19.5 Å². The highest BCUT2D eigenvalue weighted by molar-refractivity contribution is 7.87. The number of ether oxygens (including phenoxy) is 1. The van der Waals surface area contributed by atoms with Gasteiger partial charge < -0.3 is 4.74 Å². The third-order valence-electron chi connectivity index (χ3n) is 3.92. The molecule has 6 heteroatoms. The third kappa shape index (κ3) is 4.18. The smallest absolute Gasteiger partial charge is 0.279 e. The van der Waals surface area contributed by atoms with Crippen LogP contribution in [0.2, 0.25) is 0 Å². The monoisotopic (exact) mass is 312 g/mol. The van der Waals surface area contributed by atoms with Crippen LogP contribution in [0, 0.1) is 0 Å². The summed E-state index contributed by atoms with van der Waals surface area (Å²) in [6.45, 7) is 2.97. The highest BCUT2D eigenvalue weighted by atomic mass is 32.2. The summed E-state index contributed by atoms with van der Waals surface area (Å²) < 4.78 is 34.2. The second-order valence-electron chi connectivity index (χ2n) is 5.42. The lowest BCUT2D eigenvalue weighted by Crippen LogP contribution is -2.48. The van der Waals surface area contributed by atoms with Gasteiger partial charge in [-0.3, -0.25) is 0 Å². The molecule has 2 rings (SSSR count). The average molecular weight is 312 g/mol. The standard InChI is InChI=1S/C15H24N2O3S/c1-13-7-5-6-12-17(13)21(18,19)16-11-10-14-8-3-4-9-15(14)20-2/h3-4,8-9,13,16H,5-7,10-12H2,1-2H3/t13-/m0/s1. The van der Waals surface area contributed by atoms with Gasteiger partial charge in [-0.15, -0.1) is 0 Å². The Labute approximate surface area is 127 Å². The van der Waals surface area contributed by atoms with Crippen LogP contribution in [0.5, 0.6) is 5.75 Å². The van der Waals surface area contributed by atoms with E-state index in [9.17, 15) is 8.42 Å². The molecule has 1 saturated heterocycles. The number of piperidine rings is 1. The fourth-order valence-corrected chi connectivity index (χ4v) is 4.21. The van der Waals surface area contributed by atoms with Gasteiger partial charge in [-0.05, 0) is 37.8 Å². The maximum absolute atomic E-state index is 12.3. The molecule has 1 aromatic rings. The molecule has 21 heavy (non-hydrogen) atoms. The van der Waals surface area contributed by atoms with Gasteiger partial charge in [0.1, 0.15) is 5.75 Å². The van der Waals surface area contributed by atoms with Crippen molar-refractivity contribution < 1.29 is 13.2 Å². The molecule has 0 radical (unpaired) electrons. The summed E-state index contributed by atoms with van der Waals surface area (Å²) in [4.78, 5) is 0. The fourth-order valence-electron chi connectivity index (χ4n) is 2.74. The zero-order valence-corrected chi connectivity index (χ0v) is 13.5. The van der Waals surface area contributed by atoms with Gasteiger partial charge in [0.25, 0.3) is 10.2 Å². The molecule has 1 aliphatic rings. The minimum absolute atomic E-state index is 0.0857. The zero-order chi connectivity index (χ0) is 15.3. The normalized spacial score (nSPS) is 20.4. The van der Waals surface area contributed by atoms with Gasteiger partial charge in [0.05, 0.1) is 7.11 Å². The minimum atomic E-state index is -3.38. The lowest BCUT2D eigenvalue weighted by atomic mass is 10.1. The number of hydrogen-bond acceptors (Lipinski definition) is 3. The maximum Gasteiger partial charge on any atom is 0.279 e. The van der Waals surface area contributed by atoms with E-state index in [1.54, 1.807) is 11.4 Å². The Morgan fingerprint density at radius 2 is 2.10 bits per heavy atom. The summed E-state index contributed by atoms with van der Waals surface area (Å²) in [6.07, 6.45) is 3.60. The largest absolute Gasteiger partial charge is 0.496 e. The van der Waals surface area contributed by atoms with Crippen molar-refractivity contribution in [3.05, 3.63) is 29.8 Å². The van der Waals surface area contributed by atoms with E-state index in [-0.39, 0.29) is 6.04 Å². The molecule has 1 aromatic carbocycles. The summed E-state index contributed by atoms with van der Waals surface area (Å²) in [6, 6.07) is 7.76. The molecular formula is C15H24N2O3S. The lowest BCUT2D eigenvalue weighted by Gasteiger charge is -2.32. The van der Waals surface area contributed by atoms with Crippen LogP contribution in [0.25, 0.3) is 0 Å². The van der Waals surface area contributed by atoms with Gasteiger partial charge in [-0.2, -0.15) is 12.7 Å². The number of methoxy groups -OCH3 is 1. The van der Waals surface area contributed by atoms with Gasteiger partial charge in [-0.1, -0.05) is 24.6 Å². The number of para-hydroxylation sites is 1. The number of nitrogens with zero attached hydrogens (tertiary/aromatic N) is 1. The van der Waals surface area contributed by atoms with E-state index in [1.807, 2.05) is 31.2 Å². The molecule has 1 fully saturated rings. The van der Waals surface area contributed by atoms with Crippen LogP contribution in [0.1, 0.15) is 31.7 Å². The molecule has 1 atom stereocenters. The highest BCUT2D eigenvalue weighted by Gasteiger charge is 2.28. The van der Waals surface area contributed by atoms with E-state index >= 15 is 0 Å². The Morgan fingerprint density at radius 3 is 2.81 bits per heavy atom. The van der Waals surface area contributed by atoms with E-state index in [2.05, 4.69) is 4.72 Å². The van der Waals surface area contributed by atoms with Gasteiger partial charge >= 0.3 is 0 Å². The average Bonchev–Trinajstić information content (AvgIpc) is 2.48. The Hall–Kier alpha value is -1.11. The summed E-state index contributed by atoms with van der Waals surface area (Å²) in [5.74, 6) is 0.794. The number of hydrogen-bond donors (Lipinski definition) is 1. The predicted octanol–water partition coefficient (Wildman–Crippen LogP) is 1.95. The first-order valence-electron chi connectivity index (χ1n) is 7.43. The molecule has 0 aliphatic carbocycles. The molecule has 0 aromatic heterocycles. The van der Waals surface area contributed by atoms with E-state index in [1.165, 1.54) is 0 Å².